The Balaban J connectivity index is 1.97. The Hall–Kier alpha value is -1.60. The molecule has 2 rings (SSSR count). The van der Waals surface area contributed by atoms with E-state index in [1.54, 1.807) is 0 Å². The van der Waals surface area contributed by atoms with Gasteiger partial charge in [0.2, 0.25) is 5.91 Å². The lowest BCUT2D eigenvalue weighted by Gasteiger charge is -2.33. The summed E-state index contributed by atoms with van der Waals surface area (Å²) in [4.78, 5) is 14.1. The first-order valence-electron chi connectivity index (χ1n) is 8.22. The number of hydrogen-bond acceptors (Lipinski definition) is 3. The van der Waals surface area contributed by atoms with Gasteiger partial charge in [-0.05, 0) is 31.0 Å². The number of aliphatic hydroxyl groups excluding tert-OH is 1. The smallest absolute Gasteiger partial charge is 0.395 e. The number of benzene rings is 1. The summed E-state index contributed by atoms with van der Waals surface area (Å²) in [5, 5.41) is 11.7. The van der Waals surface area contributed by atoms with Crippen molar-refractivity contribution in [3.8, 4) is 0 Å². The first-order chi connectivity index (χ1) is 11.4. The molecule has 2 N–H and O–H groups in total. The number of rotatable bonds is 6. The predicted octanol–water partition coefficient (Wildman–Crippen LogP) is 3.27. The van der Waals surface area contributed by atoms with Gasteiger partial charge in [0.1, 0.15) is 0 Å². The summed E-state index contributed by atoms with van der Waals surface area (Å²) in [5.41, 5.74) is -0.665. The summed E-state index contributed by atoms with van der Waals surface area (Å²) >= 11 is 0. The van der Waals surface area contributed by atoms with E-state index in [1.165, 1.54) is 18.6 Å². The monoisotopic (exact) mass is 344 g/mol. The van der Waals surface area contributed by atoms with Crippen molar-refractivity contribution in [3.05, 3.63) is 29.8 Å². The summed E-state index contributed by atoms with van der Waals surface area (Å²) < 4.78 is 38.1. The normalized spacial score (nSPS) is 16.4. The van der Waals surface area contributed by atoms with Crippen LogP contribution in [0.4, 0.5) is 18.9 Å². The van der Waals surface area contributed by atoms with Crippen LogP contribution in [0.5, 0.6) is 0 Å². The molecule has 1 aliphatic rings. The fourth-order valence-corrected chi connectivity index (χ4v) is 3.12. The number of carbonyl (C=O) groups excluding carboxylic acids is 1. The molecule has 0 saturated heterocycles. The second kappa shape index (κ2) is 8.48. The number of amides is 1. The zero-order valence-electron chi connectivity index (χ0n) is 13.5. The zero-order chi connectivity index (χ0) is 17.6. The van der Waals surface area contributed by atoms with Gasteiger partial charge in [-0.1, -0.05) is 25.3 Å². The third kappa shape index (κ3) is 5.49. The topological polar surface area (TPSA) is 52.6 Å². The molecule has 0 unspecified atom stereocenters. The van der Waals surface area contributed by atoms with Gasteiger partial charge in [-0.15, -0.1) is 0 Å². The molecular formula is C17H23F3N2O2. The van der Waals surface area contributed by atoms with Crippen LogP contribution in [0.15, 0.2) is 24.3 Å². The third-order valence-electron chi connectivity index (χ3n) is 4.30. The maximum absolute atomic E-state index is 12.7. The second-order valence-corrected chi connectivity index (χ2v) is 6.11. The number of halogens is 3. The van der Waals surface area contributed by atoms with Gasteiger partial charge < -0.3 is 10.4 Å². The molecule has 1 fully saturated rings. The van der Waals surface area contributed by atoms with E-state index in [-0.39, 0.29) is 30.8 Å². The van der Waals surface area contributed by atoms with E-state index in [2.05, 4.69) is 5.32 Å². The number of nitrogens with one attached hydrogen (secondary N) is 1. The minimum atomic E-state index is -4.44. The fourth-order valence-electron chi connectivity index (χ4n) is 3.12. The molecule has 4 nitrogen and oxygen atoms in total. The Morgan fingerprint density at radius 3 is 2.58 bits per heavy atom. The molecule has 24 heavy (non-hydrogen) atoms. The highest BCUT2D eigenvalue weighted by Crippen LogP contribution is 2.30. The molecule has 0 radical (unpaired) electrons. The van der Waals surface area contributed by atoms with E-state index in [4.69, 9.17) is 0 Å². The number of hydrogen-bond donors (Lipinski definition) is 2. The third-order valence-corrected chi connectivity index (χ3v) is 4.30. The Labute approximate surface area is 139 Å². The van der Waals surface area contributed by atoms with Crippen molar-refractivity contribution >= 4 is 11.6 Å². The molecule has 1 aliphatic carbocycles. The summed E-state index contributed by atoms with van der Waals surface area (Å²) in [6.07, 6.45) is 0.906. The van der Waals surface area contributed by atoms with E-state index >= 15 is 0 Å². The van der Waals surface area contributed by atoms with E-state index < -0.39 is 11.7 Å². The zero-order valence-corrected chi connectivity index (χ0v) is 13.5. The largest absolute Gasteiger partial charge is 0.416 e. The highest BCUT2D eigenvalue weighted by Gasteiger charge is 2.30. The average Bonchev–Trinajstić information content (AvgIpc) is 2.55. The van der Waals surface area contributed by atoms with Gasteiger partial charge in [0.25, 0.3) is 0 Å². The average molecular weight is 344 g/mol. The number of nitrogens with zero attached hydrogens (tertiary/aromatic N) is 1. The van der Waals surface area contributed by atoms with Gasteiger partial charge in [-0.25, -0.2) is 0 Å². The van der Waals surface area contributed by atoms with Crippen LogP contribution in [0.25, 0.3) is 0 Å². The lowest BCUT2D eigenvalue weighted by molar-refractivity contribution is -0.137. The summed E-state index contributed by atoms with van der Waals surface area (Å²) in [7, 11) is 0. The van der Waals surface area contributed by atoms with Gasteiger partial charge in [0, 0.05) is 18.3 Å². The molecule has 0 atom stereocenters. The molecule has 134 valence electrons. The maximum Gasteiger partial charge on any atom is 0.416 e. The molecule has 0 aromatic heterocycles. The first-order valence-corrected chi connectivity index (χ1v) is 8.22. The van der Waals surface area contributed by atoms with Crippen LogP contribution in [0.2, 0.25) is 0 Å². The van der Waals surface area contributed by atoms with E-state index in [1.807, 2.05) is 4.90 Å². The molecule has 1 aromatic carbocycles. The van der Waals surface area contributed by atoms with Crippen LogP contribution in [0.3, 0.4) is 0 Å². The Morgan fingerprint density at radius 1 is 1.25 bits per heavy atom. The SMILES string of the molecule is O=C(CN(CCO)C1CCCCC1)Nc1cccc(C(F)(F)F)c1. The van der Waals surface area contributed by atoms with Crippen LogP contribution >= 0.6 is 0 Å². The van der Waals surface area contributed by atoms with Crippen molar-refractivity contribution in [2.45, 2.75) is 44.3 Å². The van der Waals surface area contributed by atoms with Crippen LogP contribution in [0.1, 0.15) is 37.7 Å². The van der Waals surface area contributed by atoms with Crippen molar-refractivity contribution in [1.29, 1.82) is 0 Å². The standard InChI is InChI=1S/C17H23F3N2O2/c18-17(19,20)13-5-4-6-14(11-13)21-16(24)12-22(9-10-23)15-7-2-1-3-8-15/h4-6,11,15,23H,1-3,7-10,12H2,(H,21,24). The van der Waals surface area contributed by atoms with Gasteiger partial charge in [0.15, 0.2) is 0 Å². The van der Waals surface area contributed by atoms with Crippen LogP contribution in [-0.4, -0.2) is 41.7 Å². The first kappa shape index (κ1) is 18.7. The van der Waals surface area contributed by atoms with Gasteiger partial charge in [-0.2, -0.15) is 13.2 Å². The molecule has 1 aromatic rings. The number of alkyl halides is 3. The minimum Gasteiger partial charge on any atom is -0.395 e. The predicted molar refractivity (Wildman–Crippen MR) is 85.6 cm³/mol. The minimum absolute atomic E-state index is 0.0483. The fraction of sp³-hybridized carbons (Fsp3) is 0.588. The van der Waals surface area contributed by atoms with Gasteiger partial charge in [-0.3, -0.25) is 9.69 Å². The molecule has 0 bridgehead atoms. The number of carbonyl (C=O) groups is 1. The molecule has 1 saturated carbocycles. The van der Waals surface area contributed by atoms with Crippen LogP contribution < -0.4 is 5.32 Å². The highest BCUT2D eigenvalue weighted by molar-refractivity contribution is 5.92. The Kier molecular flexibility index (Phi) is 6.62. The summed E-state index contributed by atoms with van der Waals surface area (Å²) in [6, 6.07) is 4.85. The molecule has 0 aliphatic heterocycles. The van der Waals surface area contributed by atoms with E-state index in [9.17, 15) is 23.1 Å². The van der Waals surface area contributed by atoms with Crippen LogP contribution in [-0.2, 0) is 11.0 Å². The van der Waals surface area contributed by atoms with Gasteiger partial charge >= 0.3 is 6.18 Å². The van der Waals surface area contributed by atoms with Crippen molar-refractivity contribution in [2.24, 2.45) is 0 Å². The molecular weight excluding hydrogens is 321 g/mol. The van der Waals surface area contributed by atoms with Crippen LogP contribution in [0, 0.1) is 0 Å². The molecule has 0 spiro atoms. The highest BCUT2D eigenvalue weighted by atomic mass is 19.4. The van der Waals surface area contributed by atoms with E-state index in [0.29, 0.717) is 6.54 Å². The Bertz CT molecular complexity index is 543. The molecule has 1 amide bonds. The van der Waals surface area contributed by atoms with Crippen molar-refractivity contribution < 1.29 is 23.1 Å². The lowest BCUT2D eigenvalue weighted by atomic mass is 9.94. The summed E-state index contributed by atoms with van der Waals surface area (Å²) in [5.74, 6) is -0.367. The maximum atomic E-state index is 12.7. The van der Waals surface area contributed by atoms with Gasteiger partial charge in [0.05, 0.1) is 18.7 Å². The number of anilines is 1. The quantitative estimate of drug-likeness (QED) is 0.833. The van der Waals surface area contributed by atoms with E-state index in [0.717, 1.165) is 37.8 Å². The molecule has 0 heterocycles. The second-order valence-electron chi connectivity index (χ2n) is 6.11. The van der Waals surface area contributed by atoms with Crippen molar-refractivity contribution in [2.75, 3.05) is 25.0 Å². The van der Waals surface area contributed by atoms with Crippen molar-refractivity contribution in [3.63, 3.8) is 0 Å². The van der Waals surface area contributed by atoms with Crippen molar-refractivity contribution in [1.82, 2.24) is 4.90 Å². The molecule has 7 heteroatoms. The lowest BCUT2D eigenvalue weighted by Crippen LogP contribution is -2.43. The number of aliphatic hydroxyl groups is 1. The summed E-state index contributed by atoms with van der Waals surface area (Å²) in [6.45, 7) is 0.412. The Morgan fingerprint density at radius 2 is 1.96 bits per heavy atom.